The predicted octanol–water partition coefficient (Wildman–Crippen LogP) is 3.26. The number of hydrogen-bond acceptors (Lipinski definition) is 5. The number of rotatable bonds is 3. The number of furan rings is 1. The van der Waals surface area contributed by atoms with Crippen molar-refractivity contribution in [1.82, 2.24) is 10.4 Å². The van der Waals surface area contributed by atoms with Crippen LogP contribution in [0.3, 0.4) is 0 Å². The van der Waals surface area contributed by atoms with Gasteiger partial charge in [0.05, 0.1) is 16.9 Å². The van der Waals surface area contributed by atoms with Crippen LogP contribution in [-0.4, -0.2) is 21.7 Å². The molecule has 0 aliphatic heterocycles. The Balaban J connectivity index is 1.67. The standard InChI is InChI=1S/C20H19N5O2S/c1-11-17-15(24-25-20(21)28)8-3-9-16(17)27-18(11)19(26)23-14-7-2-6-13-12(14)5-4-10-22-13/h2,4-7,10H,3,8-9H2,1H3,(H,23,26)(H3,21,25,28)/b24-15+. The van der Waals surface area contributed by atoms with Crippen molar-refractivity contribution in [2.24, 2.45) is 10.8 Å². The maximum atomic E-state index is 12.9. The van der Waals surface area contributed by atoms with Gasteiger partial charge in [0.1, 0.15) is 5.76 Å². The van der Waals surface area contributed by atoms with E-state index >= 15 is 0 Å². The fraction of sp³-hybridized carbons (Fsp3) is 0.200. The lowest BCUT2D eigenvalue weighted by Gasteiger charge is -2.13. The summed E-state index contributed by atoms with van der Waals surface area (Å²) in [7, 11) is 0. The molecule has 2 heterocycles. The van der Waals surface area contributed by atoms with Crippen LogP contribution in [0.15, 0.2) is 46.0 Å². The molecule has 0 saturated heterocycles. The van der Waals surface area contributed by atoms with E-state index in [4.69, 9.17) is 22.4 Å². The zero-order valence-corrected chi connectivity index (χ0v) is 16.1. The molecule has 0 bridgehead atoms. The highest BCUT2D eigenvalue weighted by Crippen LogP contribution is 2.31. The molecule has 2 aromatic heterocycles. The van der Waals surface area contributed by atoms with Crippen LogP contribution in [0.2, 0.25) is 0 Å². The number of pyridine rings is 1. The lowest BCUT2D eigenvalue weighted by molar-refractivity contribution is 0.0994. The predicted molar refractivity (Wildman–Crippen MR) is 113 cm³/mol. The van der Waals surface area contributed by atoms with E-state index in [1.807, 2.05) is 37.3 Å². The van der Waals surface area contributed by atoms with Crippen molar-refractivity contribution in [3.63, 3.8) is 0 Å². The van der Waals surface area contributed by atoms with Crippen molar-refractivity contribution in [2.45, 2.75) is 26.2 Å². The summed E-state index contributed by atoms with van der Waals surface area (Å²) in [6.07, 6.45) is 4.13. The van der Waals surface area contributed by atoms with Gasteiger partial charge >= 0.3 is 0 Å². The van der Waals surface area contributed by atoms with Crippen LogP contribution in [-0.2, 0) is 6.42 Å². The summed E-state index contributed by atoms with van der Waals surface area (Å²) in [5.74, 6) is 0.748. The zero-order chi connectivity index (χ0) is 19.7. The lowest BCUT2D eigenvalue weighted by atomic mass is 9.93. The van der Waals surface area contributed by atoms with E-state index in [0.717, 1.165) is 52.8 Å². The van der Waals surface area contributed by atoms with Gasteiger partial charge in [-0.2, -0.15) is 5.10 Å². The average Bonchev–Trinajstić information content (AvgIpc) is 3.04. The first kappa shape index (κ1) is 18.1. The van der Waals surface area contributed by atoms with Crippen molar-refractivity contribution < 1.29 is 9.21 Å². The fourth-order valence-corrected chi connectivity index (χ4v) is 3.56. The van der Waals surface area contributed by atoms with E-state index in [-0.39, 0.29) is 16.8 Å². The first-order valence-corrected chi connectivity index (χ1v) is 9.35. The first-order valence-electron chi connectivity index (χ1n) is 8.94. The Kier molecular flexibility index (Phi) is 4.79. The number of anilines is 1. The number of aromatic nitrogens is 1. The molecule has 3 aromatic rings. The number of amides is 1. The normalized spacial score (nSPS) is 14.7. The van der Waals surface area contributed by atoms with E-state index < -0.39 is 0 Å². The minimum Gasteiger partial charge on any atom is -0.455 e. The fourth-order valence-electron chi connectivity index (χ4n) is 3.51. The molecule has 7 nitrogen and oxygen atoms in total. The number of aryl methyl sites for hydroxylation is 1. The minimum absolute atomic E-state index is 0.100. The summed E-state index contributed by atoms with van der Waals surface area (Å²) in [5, 5.41) is 8.20. The molecule has 142 valence electrons. The van der Waals surface area contributed by atoms with E-state index in [1.54, 1.807) is 6.20 Å². The molecule has 0 radical (unpaired) electrons. The Hall–Kier alpha value is -3.26. The summed E-state index contributed by atoms with van der Waals surface area (Å²) in [6.45, 7) is 1.86. The highest BCUT2D eigenvalue weighted by Gasteiger charge is 2.28. The van der Waals surface area contributed by atoms with Crippen LogP contribution in [0, 0.1) is 6.92 Å². The second-order valence-corrected chi connectivity index (χ2v) is 7.01. The molecule has 0 fully saturated rings. The molecule has 1 aliphatic carbocycles. The molecule has 0 atom stereocenters. The Morgan fingerprint density at radius 1 is 1.29 bits per heavy atom. The highest BCUT2D eigenvalue weighted by molar-refractivity contribution is 7.80. The number of carbonyl (C=O) groups excluding carboxylic acids is 1. The Morgan fingerprint density at radius 3 is 2.96 bits per heavy atom. The molecule has 1 aromatic carbocycles. The van der Waals surface area contributed by atoms with E-state index in [9.17, 15) is 4.79 Å². The quantitative estimate of drug-likeness (QED) is 0.466. The second kappa shape index (κ2) is 7.40. The summed E-state index contributed by atoms with van der Waals surface area (Å²) in [5.41, 5.74) is 12.0. The maximum absolute atomic E-state index is 12.9. The van der Waals surface area contributed by atoms with Gasteiger partial charge in [-0.1, -0.05) is 6.07 Å². The molecule has 4 rings (SSSR count). The number of thiocarbonyl (C=S) groups is 1. The van der Waals surface area contributed by atoms with Gasteiger partial charge in [-0.3, -0.25) is 15.2 Å². The maximum Gasteiger partial charge on any atom is 0.291 e. The van der Waals surface area contributed by atoms with Crippen LogP contribution in [0.1, 0.15) is 40.3 Å². The van der Waals surface area contributed by atoms with Crippen molar-refractivity contribution in [2.75, 3.05) is 5.32 Å². The van der Waals surface area contributed by atoms with Gasteiger partial charge in [0.25, 0.3) is 5.91 Å². The molecule has 4 N–H and O–H groups in total. The average molecular weight is 393 g/mol. The molecule has 0 unspecified atom stereocenters. The molecule has 0 spiro atoms. The zero-order valence-electron chi connectivity index (χ0n) is 15.3. The van der Waals surface area contributed by atoms with Crippen LogP contribution < -0.4 is 16.5 Å². The number of benzene rings is 1. The molecular formula is C20H19N5O2S. The largest absolute Gasteiger partial charge is 0.455 e. The summed E-state index contributed by atoms with van der Waals surface area (Å²) in [6, 6.07) is 9.37. The Bertz CT molecular complexity index is 1110. The summed E-state index contributed by atoms with van der Waals surface area (Å²) >= 11 is 4.82. The highest BCUT2D eigenvalue weighted by atomic mass is 32.1. The van der Waals surface area contributed by atoms with E-state index in [1.165, 1.54) is 0 Å². The van der Waals surface area contributed by atoms with Gasteiger partial charge < -0.3 is 15.5 Å². The topological polar surface area (TPSA) is 106 Å². The van der Waals surface area contributed by atoms with Crippen molar-refractivity contribution in [1.29, 1.82) is 0 Å². The molecule has 1 amide bonds. The van der Waals surface area contributed by atoms with Gasteiger partial charge in [-0.05, 0) is 56.2 Å². The smallest absolute Gasteiger partial charge is 0.291 e. The number of hydrazone groups is 1. The SMILES string of the molecule is Cc1c(C(=O)Nc2cccc3ncccc23)oc2c1/C(=N/NC(N)=S)CCC2. The Labute approximate surface area is 167 Å². The minimum atomic E-state index is -0.301. The van der Waals surface area contributed by atoms with Gasteiger partial charge in [0.2, 0.25) is 0 Å². The summed E-state index contributed by atoms with van der Waals surface area (Å²) in [4.78, 5) is 17.3. The number of fused-ring (bicyclic) bond motifs is 2. The number of hydrogen-bond donors (Lipinski definition) is 3. The van der Waals surface area contributed by atoms with Crippen LogP contribution in [0.25, 0.3) is 10.9 Å². The monoisotopic (exact) mass is 393 g/mol. The van der Waals surface area contributed by atoms with Crippen molar-refractivity contribution >= 4 is 45.5 Å². The third-order valence-corrected chi connectivity index (χ3v) is 4.82. The number of carbonyl (C=O) groups is 1. The van der Waals surface area contributed by atoms with Gasteiger partial charge in [-0.25, -0.2) is 0 Å². The molecule has 28 heavy (non-hydrogen) atoms. The van der Waals surface area contributed by atoms with E-state index in [2.05, 4.69) is 20.8 Å². The molecule has 1 aliphatic rings. The van der Waals surface area contributed by atoms with Crippen molar-refractivity contribution in [3.8, 4) is 0 Å². The Morgan fingerprint density at radius 2 is 2.14 bits per heavy atom. The van der Waals surface area contributed by atoms with Crippen LogP contribution >= 0.6 is 12.2 Å². The van der Waals surface area contributed by atoms with Crippen LogP contribution in [0.5, 0.6) is 0 Å². The second-order valence-electron chi connectivity index (χ2n) is 6.57. The van der Waals surface area contributed by atoms with Crippen LogP contribution in [0.4, 0.5) is 5.69 Å². The van der Waals surface area contributed by atoms with Gasteiger partial charge in [0.15, 0.2) is 10.9 Å². The first-order chi connectivity index (χ1) is 13.5. The molecule has 8 heteroatoms. The summed E-state index contributed by atoms with van der Waals surface area (Å²) < 4.78 is 5.92. The number of nitrogens with zero attached hydrogens (tertiary/aromatic N) is 2. The molecule has 0 saturated carbocycles. The van der Waals surface area contributed by atoms with E-state index in [0.29, 0.717) is 5.69 Å². The molecular weight excluding hydrogens is 374 g/mol. The lowest BCUT2D eigenvalue weighted by Crippen LogP contribution is -2.26. The third kappa shape index (κ3) is 3.34. The van der Waals surface area contributed by atoms with Crippen molar-refractivity contribution in [3.05, 3.63) is 59.2 Å². The van der Waals surface area contributed by atoms with Gasteiger partial charge in [0, 0.05) is 29.1 Å². The number of nitrogens with two attached hydrogens (primary N) is 1. The third-order valence-electron chi connectivity index (χ3n) is 4.73. The van der Waals surface area contributed by atoms with Gasteiger partial charge in [-0.15, -0.1) is 0 Å². The number of nitrogens with one attached hydrogen (secondary N) is 2.